The number of fused-ring (bicyclic) bond motifs is 1. The second-order valence-electron chi connectivity index (χ2n) is 4.94. The maximum absolute atomic E-state index is 10.1. The lowest BCUT2D eigenvalue weighted by molar-refractivity contribution is -0.358. The molecule has 6 atom stereocenters. The predicted octanol–water partition coefficient (Wildman–Crippen LogP) is 0.194. The molecule has 0 aromatic heterocycles. The smallest absolute Gasteiger partial charge is 0.186 e. The van der Waals surface area contributed by atoms with Crippen molar-refractivity contribution in [3.05, 3.63) is 35.9 Å². The fraction of sp³-hybridized carbons (Fsp3) is 0.571. The van der Waals surface area contributed by atoms with E-state index in [4.69, 9.17) is 18.9 Å². The molecule has 0 spiro atoms. The molecular formula is C14H18O6. The lowest BCUT2D eigenvalue weighted by atomic mass is 9.98. The first-order chi connectivity index (χ1) is 9.70. The summed E-state index contributed by atoms with van der Waals surface area (Å²) >= 11 is 0. The highest BCUT2D eigenvalue weighted by Gasteiger charge is 2.48. The quantitative estimate of drug-likeness (QED) is 0.806. The minimum atomic E-state index is -1.14. The Kier molecular flexibility index (Phi) is 4.02. The summed E-state index contributed by atoms with van der Waals surface area (Å²) in [7, 11) is 1.41. The van der Waals surface area contributed by atoms with E-state index in [1.54, 1.807) is 0 Å². The summed E-state index contributed by atoms with van der Waals surface area (Å²) in [6, 6.07) is 9.45. The largest absolute Gasteiger partial charge is 0.387 e. The van der Waals surface area contributed by atoms with Crippen LogP contribution in [0.1, 0.15) is 11.9 Å². The van der Waals surface area contributed by atoms with Crippen molar-refractivity contribution >= 4 is 0 Å². The molecule has 6 nitrogen and oxygen atoms in total. The van der Waals surface area contributed by atoms with Crippen LogP contribution in [0.5, 0.6) is 0 Å². The second kappa shape index (κ2) is 5.77. The summed E-state index contributed by atoms with van der Waals surface area (Å²) in [5, 5.41) is 20.1. The van der Waals surface area contributed by atoms with E-state index in [2.05, 4.69) is 0 Å². The van der Waals surface area contributed by atoms with Gasteiger partial charge in [0.05, 0.1) is 6.61 Å². The molecule has 1 aromatic rings. The van der Waals surface area contributed by atoms with Crippen molar-refractivity contribution in [2.24, 2.45) is 0 Å². The van der Waals surface area contributed by atoms with E-state index in [1.165, 1.54) is 7.11 Å². The minimum Gasteiger partial charge on any atom is -0.387 e. The van der Waals surface area contributed by atoms with Gasteiger partial charge in [-0.1, -0.05) is 30.3 Å². The SMILES string of the molecule is COC1O[C@@H]2COC(c3ccccc3)O[C@H]2[C@@H](O)[C@@H]1O. The molecular weight excluding hydrogens is 264 g/mol. The van der Waals surface area contributed by atoms with E-state index in [-0.39, 0.29) is 6.61 Å². The Labute approximate surface area is 116 Å². The Morgan fingerprint density at radius 2 is 1.85 bits per heavy atom. The summed E-state index contributed by atoms with van der Waals surface area (Å²) in [4.78, 5) is 0. The van der Waals surface area contributed by atoms with Crippen LogP contribution < -0.4 is 0 Å². The molecule has 20 heavy (non-hydrogen) atoms. The van der Waals surface area contributed by atoms with Crippen molar-refractivity contribution in [2.45, 2.75) is 37.0 Å². The molecule has 0 radical (unpaired) electrons. The zero-order valence-corrected chi connectivity index (χ0v) is 11.1. The highest BCUT2D eigenvalue weighted by atomic mass is 16.7. The first-order valence-corrected chi connectivity index (χ1v) is 6.57. The van der Waals surface area contributed by atoms with Crippen LogP contribution in [0.25, 0.3) is 0 Å². The Bertz CT molecular complexity index is 437. The average molecular weight is 282 g/mol. The minimum absolute atomic E-state index is 0.272. The number of aliphatic hydroxyl groups excluding tert-OH is 2. The molecule has 0 aliphatic carbocycles. The average Bonchev–Trinajstić information content (AvgIpc) is 2.51. The van der Waals surface area contributed by atoms with E-state index in [0.29, 0.717) is 0 Å². The van der Waals surface area contributed by atoms with Crippen molar-refractivity contribution < 1.29 is 29.2 Å². The molecule has 1 aromatic carbocycles. The van der Waals surface area contributed by atoms with Crippen molar-refractivity contribution in [1.29, 1.82) is 0 Å². The van der Waals surface area contributed by atoms with Crippen LogP contribution in [-0.2, 0) is 18.9 Å². The van der Waals surface area contributed by atoms with Gasteiger partial charge in [0.25, 0.3) is 0 Å². The zero-order chi connectivity index (χ0) is 14.1. The predicted molar refractivity (Wildman–Crippen MR) is 67.7 cm³/mol. The van der Waals surface area contributed by atoms with E-state index >= 15 is 0 Å². The summed E-state index contributed by atoms with van der Waals surface area (Å²) in [5.41, 5.74) is 0.863. The maximum atomic E-state index is 10.1. The zero-order valence-electron chi connectivity index (χ0n) is 11.1. The Balaban J connectivity index is 1.74. The van der Waals surface area contributed by atoms with E-state index < -0.39 is 37.0 Å². The summed E-state index contributed by atoms with van der Waals surface area (Å²) in [6.45, 7) is 0.272. The molecule has 2 aliphatic rings. The molecule has 0 bridgehead atoms. The third kappa shape index (κ3) is 2.46. The van der Waals surface area contributed by atoms with Crippen LogP contribution >= 0.6 is 0 Å². The highest BCUT2D eigenvalue weighted by Crippen LogP contribution is 2.33. The number of ether oxygens (including phenoxy) is 4. The number of methoxy groups -OCH3 is 1. The fourth-order valence-electron chi connectivity index (χ4n) is 2.55. The lowest BCUT2D eigenvalue weighted by Gasteiger charge is -2.45. The number of hydrogen-bond acceptors (Lipinski definition) is 6. The Hall–Kier alpha value is -1.02. The molecule has 2 saturated heterocycles. The monoisotopic (exact) mass is 282 g/mol. The Morgan fingerprint density at radius 3 is 2.55 bits per heavy atom. The van der Waals surface area contributed by atoms with Crippen LogP contribution in [0.4, 0.5) is 0 Å². The van der Waals surface area contributed by atoms with Crippen LogP contribution in [-0.4, -0.2) is 54.6 Å². The third-order valence-electron chi connectivity index (χ3n) is 3.64. The van der Waals surface area contributed by atoms with Gasteiger partial charge in [0.1, 0.15) is 24.4 Å². The molecule has 2 N–H and O–H groups in total. The van der Waals surface area contributed by atoms with Gasteiger partial charge < -0.3 is 29.2 Å². The van der Waals surface area contributed by atoms with Gasteiger partial charge in [-0.05, 0) is 0 Å². The van der Waals surface area contributed by atoms with Gasteiger partial charge >= 0.3 is 0 Å². The number of rotatable bonds is 2. The third-order valence-corrected chi connectivity index (χ3v) is 3.64. The number of hydrogen-bond donors (Lipinski definition) is 2. The fourth-order valence-corrected chi connectivity index (χ4v) is 2.55. The summed E-state index contributed by atoms with van der Waals surface area (Å²) in [6.07, 6.45) is -4.76. The van der Waals surface area contributed by atoms with Crippen molar-refractivity contribution in [3.63, 3.8) is 0 Å². The molecule has 0 saturated carbocycles. The number of benzene rings is 1. The highest BCUT2D eigenvalue weighted by molar-refractivity contribution is 5.16. The van der Waals surface area contributed by atoms with Crippen LogP contribution in [0.15, 0.2) is 30.3 Å². The molecule has 2 unspecified atom stereocenters. The topological polar surface area (TPSA) is 77.4 Å². The van der Waals surface area contributed by atoms with Crippen molar-refractivity contribution in [1.82, 2.24) is 0 Å². The molecule has 0 amide bonds. The van der Waals surface area contributed by atoms with Crippen LogP contribution in [0.2, 0.25) is 0 Å². The molecule has 2 aliphatic heterocycles. The van der Waals surface area contributed by atoms with E-state index in [9.17, 15) is 10.2 Å². The van der Waals surface area contributed by atoms with E-state index in [1.807, 2.05) is 30.3 Å². The van der Waals surface area contributed by atoms with Gasteiger partial charge in [0, 0.05) is 12.7 Å². The summed E-state index contributed by atoms with van der Waals surface area (Å²) in [5.74, 6) is 0. The molecule has 2 fully saturated rings. The maximum Gasteiger partial charge on any atom is 0.186 e. The molecule has 2 heterocycles. The van der Waals surface area contributed by atoms with Gasteiger partial charge in [-0.15, -0.1) is 0 Å². The molecule has 6 heteroatoms. The van der Waals surface area contributed by atoms with Crippen LogP contribution in [0.3, 0.4) is 0 Å². The lowest BCUT2D eigenvalue weighted by Crippen LogP contribution is -2.62. The summed E-state index contributed by atoms with van der Waals surface area (Å²) < 4.78 is 21.9. The first-order valence-electron chi connectivity index (χ1n) is 6.57. The standard InChI is InChI=1S/C14H18O6/c1-17-14-11(16)10(15)12-9(19-14)7-18-13(20-12)8-5-3-2-4-6-8/h2-6,9-16H,7H2,1H3/t9-,10+,11+,12-,13?,14?/m1/s1. The normalized spacial score (nSPS) is 41.1. The molecule has 110 valence electrons. The van der Waals surface area contributed by atoms with E-state index in [0.717, 1.165) is 5.56 Å². The van der Waals surface area contributed by atoms with Gasteiger partial charge in [-0.3, -0.25) is 0 Å². The van der Waals surface area contributed by atoms with Crippen LogP contribution in [0, 0.1) is 0 Å². The van der Waals surface area contributed by atoms with Gasteiger partial charge in [-0.25, -0.2) is 0 Å². The van der Waals surface area contributed by atoms with Gasteiger partial charge in [0.2, 0.25) is 0 Å². The first kappa shape index (κ1) is 13.9. The molecule has 3 rings (SSSR count). The second-order valence-corrected chi connectivity index (χ2v) is 4.94. The van der Waals surface area contributed by atoms with Gasteiger partial charge in [0.15, 0.2) is 12.6 Å². The van der Waals surface area contributed by atoms with Crippen molar-refractivity contribution in [2.75, 3.05) is 13.7 Å². The van der Waals surface area contributed by atoms with Gasteiger partial charge in [-0.2, -0.15) is 0 Å². The Morgan fingerprint density at radius 1 is 1.10 bits per heavy atom. The number of aliphatic hydroxyl groups is 2. The van der Waals surface area contributed by atoms with Crippen molar-refractivity contribution in [3.8, 4) is 0 Å².